The first-order valence-electron chi connectivity index (χ1n) is 6.64. The van der Waals surface area contributed by atoms with Crippen molar-refractivity contribution in [1.29, 1.82) is 5.26 Å². The lowest BCUT2D eigenvalue weighted by atomic mass is 10.0. The summed E-state index contributed by atoms with van der Waals surface area (Å²) < 4.78 is 24.4. The highest BCUT2D eigenvalue weighted by Gasteiger charge is 2.28. The maximum Gasteiger partial charge on any atom is 0.179 e. The van der Waals surface area contributed by atoms with Crippen molar-refractivity contribution in [2.75, 3.05) is 25.4 Å². The Morgan fingerprint density at radius 3 is 2.95 bits per heavy atom. The number of nitriles is 1. The van der Waals surface area contributed by atoms with Crippen molar-refractivity contribution in [3.63, 3.8) is 0 Å². The second-order valence-electron chi connectivity index (χ2n) is 5.37. The molecule has 1 saturated heterocycles. The Labute approximate surface area is 119 Å². The zero-order valence-electron chi connectivity index (χ0n) is 11.5. The van der Waals surface area contributed by atoms with Crippen LogP contribution in [0.2, 0.25) is 0 Å². The molecule has 2 rings (SSSR count). The first-order chi connectivity index (χ1) is 9.45. The minimum atomic E-state index is -3.35. The largest absolute Gasteiger partial charge is 0.315 e. The van der Waals surface area contributed by atoms with E-state index in [2.05, 4.69) is 17.6 Å². The second-order valence-corrected chi connectivity index (χ2v) is 7.48. The van der Waals surface area contributed by atoms with Gasteiger partial charge in [0.05, 0.1) is 22.3 Å². The number of sulfone groups is 1. The van der Waals surface area contributed by atoms with Gasteiger partial charge in [0.15, 0.2) is 9.84 Å². The molecule has 1 unspecified atom stereocenters. The third kappa shape index (κ3) is 3.57. The van der Waals surface area contributed by atoms with Crippen molar-refractivity contribution in [3.8, 4) is 6.07 Å². The van der Waals surface area contributed by atoms with Crippen LogP contribution in [0.25, 0.3) is 0 Å². The maximum atomic E-state index is 12.2. The zero-order valence-corrected chi connectivity index (χ0v) is 12.3. The average molecular weight is 293 g/mol. The van der Waals surface area contributed by atoms with Gasteiger partial charge in [0.2, 0.25) is 0 Å². The average Bonchev–Trinajstić information content (AvgIpc) is 2.85. The predicted octanol–water partition coefficient (Wildman–Crippen LogP) is 0.674. The van der Waals surface area contributed by atoms with E-state index in [1.807, 2.05) is 6.07 Å². The highest BCUT2D eigenvalue weighted by molar-refractivity contribution is 7.91. The molecule has 1 aromatic rings. The van der Waals surface area contributed by atoms with Crippen LogP contribution in [0.15, 0.2) is 29.2 Å². The van der Waals surface area contributed by atoms with Crippen molar-refractivity contribution in [2.24, 2.45) is 0 Å². The number of nitrogens with zero attached hydrogens (tertiary/aromatic N) is 1. The Bertz CT molecular complexity index is 614. The van der Waals surface area contributed by atoms with Crippen LogP contribution in [-0.4, -0.2) is 39.3 Å². The summed E-state index contributed by atoms with van der Waals surface area (Å²) in [6.45, 7) is 4.32. The van der Waals surface area contributed by atoms with Crippen LogP contribution in [-0.2, 0) is 9.84 Å². The van der Waals surface area contributed by atoms with Crippen LogP contribution in [0.3, 0.4) is 0 Å². The van der Waals surface area contributed by atoms with E-state index in [0.29, 0.717) is 12.1 Å². The molecule has 1 heterocycles. The van der Waals surface area contributed by atoms with Gasteiger partial charge in [-0.2, -0.15) is 5.26 Å². The maximum absolute atomic E-state index is 12.2. The van der Waals surface area contributed by atoms with E-state index in [1.165, 1.54) is 12.1 Å². The Morgan fingerprint density at radius 1 is 1.50 bits per heavy atom. The highest BCUT2D eigenvalue weighted by atomic mass is 32.2. The van der Waals surface area contributed by atoms with E-state index in [-0.39, 0.29) is 16.2 Å². The summed E-state index contributed by atoms with van der Waals surface area (Å²) in [6, 6.07) is 8.12. The van der Waals surface area contributed by atoms with Crippen LogP contribution < -0.4 is 10.6 Å². The topological polar surface area (TPSA) is 82.0 Å². The Balaban J connectivity index is 1.99. The smallest absolute Gasteiger partial charge is 0.179 e. The van der Waals surface area contributed by atoms with E-state index in [9.17, 15) is 8.42 Å². The van der Waals surface area contributed by atoms with E-state index in [4.69, 9.17) is 5.26 Å². The van der Waals surface area contributed by atoms with Gasteiger partial charge >= 0.3 is 0 Å². The van der Waals surface area contributed by atoms with Gasteiger partial charge in [0.1, 0.15) is 0 Å². The van der Waals surface area contributed by atoms with Gasteiger partial charge in [-0.15, -0.1) is 0 Å². The minimum Gasteiger partial charge on any atom is -0.315 e. The number of benzene rings is 1. The molecule has 0 aliphatic carbocycles. The molecular weight excluding hydrogens is 274 g/mol. The first-order valence-corrected chi connectivity index (χ1v) is 8.29. The molecule has 0 spiro atoms. The quantitative estimate of drug-likeness (QED) is 0.834. The van der Waals surface area contributed by atoms with Crippen LogP contribution in [0.1, 0.15) is 18.9 Å². The van der Waals surface area contributed by atoms with Gasteiger partial charge in [-0.3, -0.25) is 0 Å². The van der Waals surface area contributed by atoms with Gasteiger partial charge in [0, 0.05) is 18.6 Å². The molecule has 20 heavy (non-hydrogen) atoms. The van der Waals surface area contributed by atoms with Crippen LogP contribution in [0.5, 0.6) is 0 Å². The molecule has 1 atom stereocenters. The first kappa shape index (κ1) is 15.0. The summed E-state index contributed by atoms with van der Waals surface area (Å²) in [5.74, 6) is 0.0392. The molecule has 2 N–H and O–H groups in total. The Kier molecular flexibility index (Phi) is 4.43. The molecule has 0 amide bonds. The number of hydrogen-bond acceptors (Lipinski definition) is 5. The van der Waals surface area contributed by atoms with Crippen LogP contribution in [0.4, 0.5) is 0 Å². The Hall–Kier alpha value is -1.42. The molecule has 5 nitrogen and oxygen atoms in total. The molecule has 6 heteroatoms. The van der Waals surface area contributed by atoms with Gasteiger partial charge < -0.3 is 10.6 Å². The van der Waals surface area contributed by atoms with Crippen molar-refractivity contribution >= 4 is 9.84 Å². The van der Waals surface area contributed by atoms with E-state index in [1.54, 1.807) is 12.1 Å². The lowest BCUT2D eigenvalue weighted by Crippen LogP contribution is -2.45. The van der Waals surface area contributed by atoms with Crippen molar-refractivity contribution in [2.45, 2.75) is 23.8 Å². The van der Waals surface area contributed by atoms with Crippen LogP contribution >= 0.6 is 0 Å². The summed E-state index contributed by atoms with van der Waals surface area (Å²) in [4.78, 5) is 0.216. The van der Waals surface area contributed by atoms with Crippen molar-refractivity contribution in [3.05, 3.63) is 29.8 Å². The highest BCUT2D eigenvalue weighted by Crippen LogP contribution is 2.15. The third-order valence-electron chi connectivity index (χ3n) is 3.61. The van der Waals surface area contributed by atoms with E-state index < -0.39 is 9.84 Å². The van der Waals surface area contributed by atoms with Crippen LogP contribution in [0, 0.1) is 11.3 Å². The molecular formula is C14H19N3O2S. The molecule has 1 fully saturated rings. The summed E-state index contributed by atoms with van der Waals surface area (Å²) in [5.41, 5.74) is 0.343. The van der Waals surface area contributed by atoms with E-state index in [0.717, 1.165) is 19.5 Å². The third-order valence-corrected chi connectivity index (χ3v) is 5.33. The van der Waals surface area contributed by atoms with Gasteiger partial charge in [-0.25, -0.2) is 8.42 Å². The molecule has 0 radical (unpaired) electrons. The molecule has 108 valence electrons. The minimum absolute atomic E-state index is 0.0238. The number of hydrogen-bond donors (Lipinski definition) is 2. The predicted molar refractivity (Wildman–Crippen MR) is 77.1 cm³/mol. The second kappa shape index (κ2) is 5.92. The molecule has 0 saturated carbocycles. The normalized spacial score (nSPS) is 22.6. The number of rotatable bonds is 5. The SMILES string of the molecule is CC1(NCCS(=O)(=O)c2cccc(C#N)c2)CCNC1. The molecule has 0 aromatic heterocycles. The van der Waals surface area contributed by atoms with Gasteiger partial charge in [-0.05, 0) is 38.1 Å². The van der Waals surface area contributed by atoms with Gasteiger partial charge in [0.25, 0.3) is 0 Å². The van der Waals surface area contributed by atoms with Crippen molar-refractivity contribution < 1.29 is 8.42 Å². The van der Waals surface area contributed by atoms with E-state index >= 15 is 0 Å². The summed E-state index contributed by atoms with van der Waals surface area (Å²) in [5, 5.41) is 15.4. The molecule has 1 aliphatic heterocycles. The monoisotopic (exact) mass is 293 g/mol. The summed E-state index contributed by atoms with van der Waals surface area (Å²) >= 11 is 0. The molecule has 0 bridgehead atoms. The lowest BCUT2D eigenvalue weighted by molar-refractivity contribution is 0.398. The zero-order chi connectivity index (χ0) is 14.6. The van der Waals surface area contributed by atoms with Gasteiger partial charge in [-0.1, -0.05) is 6.07 Å². The summed E-state index contributed by atoms with van der Waals surface area (Å²) in [7, 11) is -3.35. The molecule has 1 aliphatic rings. The number of nitrogens with one attached hydrogen (secondary N) is 2. The molecule has 1 aromatic carbocycles. The summed E-state index contributed by atoms with van der Waals surface area (Å²) in [6.07, 6.45) is 0.997. The fraction of sp³-hybridized carbons (Fsp3) is 0.500. The van der Waals surface area contributed by atoms with Crippen molar-refractivity contribution in [1.82, 2.24) is 10.6 Å². The standard InChI is InChI=1S/C14H19N3O2S/c1-14(5-6-16-11-14)17-7-8-20(18,19)13-4-2-3-12(9-13)10-15/h2-4,9,16-17H,5-8,11H2,1H3. The lowest BCUT2D eigenvalue weighted by Gasteiger charge is -2.24. The fourth-order valence-electron chi connectivity index (χ4n) is 2.33. The fourth-order valence-corrected chi connectivity index (χ4v) is 3.53. The Morgan fingerprint density at radius 2 is 2.30 bits per heavy atom.